The molecule has 0 saturated heterocycles. The molecule has 1 aliphatic rings. The van der Waals surface area contributed by atoms with Crippen molar-refractivity contribution < 1.29 is 24.2 Å². The number of hydrogen-bond donors (Lipinski definition) is 3. The zero-order chi connectivity index (χ0) is 23.9. The zero-order valence-corrected chi connectivity index (χ0v) is 18.4. The van der Waals surface area contributed by atoms with E-state index in [0.717, 1.165) is 28.3 Å². The molecule has 1 aliphatic carbocycles. The second-order valence-corrected chi connectivity index (χ2v) is 7.84. The summed E-state index contributed by atoms with van der Waals surface area (Å²) in [6, 6.07) is 23.0. The van der Waals surface area contributed by atoms with E-state index in [1.807, 2.05) is 24.3 Å². The molecular weight excluding hydrogens is 432 g/mol. The van der Waals surface area contributed by atoms with E-state index in [0.29, 0.717) is 11.3 Å². The Kier molecular flexibility index (Phi) is 7.03. The van der Waals surface area contributed by atoms with Crippen LogP contribution < -0.4 is 10.6 Å². The lowest BCUT2D eigenvalue weighted by Gasteiger charge is -2.14. The summed E-state index contributed by atoms with van der Waals surface area (Å²) in [4.78, 5) is 34.9. The van der Waals surface area contributed by atoms with Crippen LogP contribution in [0.1, 0.15) is 29.0 Å². The fourth-order valence-corrected chi connectivity index (χ4v) is 4.00. The normalized spacial score (nSPS) is 12.1. The lowest BCUT2D eigenvalue weighted by molar-refractivity contribution is -0.131. The zero-order valence-electron chi connectivity index (χ0n) is 18.4. The van der Waals surface area contributed by atoms with Gasteiger partial charge < -0.3 is 20.5 Å². The molecule has 0 saturated carbocycles. The summed E-state index contributed by atoms with van der Waals surface area (Å²) in [5, 5.41) is 14.0. The first kappa shape index (κ1) is 22.8. The molecule has 0 aliphatic heterocycles. The molecule has 0 fully saturated rings. The second-order valence-electron chi connectivity index (χ2n) is 7.84. The highest BCUT2D eigenvalue weighted by Gasteiger charge is 2.28. The van der Waals surface area contributed by atoms with Crippen molar-refractivity contribution in [3.63, 3.8) is 0 Å². The van der Waals surface area contributed by atoms with Crippen molar-refractivity contribution in [1.29, 1.82) is 0 Å². The van der Waals surface area contributed by atoms with Gasteiger partial charge in [-0.05, 0) is 46.0 Å². The third-order valence-corrected chi connectivity index (χ3v) is 5.58. The van der Waals surface area contributed by atoms with Gasteiger partial charge in [-0.25, -0.2) is 9.59 Å². The number of carbonyl (C=O) groups excluding carboxylic acids is 2. The van der Waals surface area contributed by atoms with Gasteiger partial charge in [0.05, 0.1) is 0 Å². The number of alkyl carbamates (subject to hydrolysis) is 1. The van der Waals surface area contributed by atoms with E-state index >= 15 is 0 Å². The minimum Gasteiger partial charge on any atom is -0.478 e. The van der Waals surface area contributed by atoms with E-state index in [1.54, 1.807) is 24.3 Å². The number of hydrogen-bond acceptors (Lipinski definition) is 4. The highest BCUT2D eigenvalue weighted by atomic mass is 16.5. The average Bonchev–Trinajstić information content (AvgIpc) is 3.16. The first-order chi connectivity index (χ1) is 16.5. The largest absolute Gasteiger partial charge is 0.478 e. The van der Waals surface area contributed by atoms with E-state index in [2.05, 4.69) is 34.9 Å². The molecule has 4 rings (SSSR count). The van der Waals surface area contributed by atoms with E-state index in [-0.39, 0.29) is 31.4 Å². The predicted octanol–water partition coefficient (Wildman–Crippen LogP) is 4.65. The maximum absolute atomic E-state index is 12.2. The Morgan fingerprint density at radius 3 is 2.12 bits per heavy atom. The van der Waals surface area contributed by atoms with Crippen molar-refractivity contribution in [3.05, 3.63) is 95.6 Å². The van der Waals surface area contributed by atoms with Crippen molar-refractivity contribution in [3.8, 4) is 11.1 Å². The molecule has 0 heterocycles. The lowest BCUT2D eigenvalue weighted by atomic mass is 9.98. The third-order valence-electron chi connectivity index (χ3n) is 5.58. The number of nitrogens with one attached hydrogen (secondary N) is 2. The first-order valence-corrected chi connectivity index (χ1v) is 10.9. The molecule has 34 heavy (non-hydrogen) atoms. The number of fused-ring (bicyclic) bond motifs is 3. The van der Waals surface area contributed by atoms with Gasteiger partial charge in [0.2, 0.25) is 5.91 Å². The molecule has 0 atom stereocenters. The van der Waals surface area contributed by atoms with Gasteiger partial charge >= 0.3 is 12.1 Å². The molecule has 0 radical (unpaired) electrons. The smallest absolute Gasteiger partial charge is 0.407 e. The summed E-state index contributed by atoms with van der Waals surface area (Å²) < 4.78 is 5.46. The van der Waals surface area contributed by atoms with Crippen LogP contribution in [0.25, 0.3) is 17.2 Å². The van der Waals surface area contributed by atoms with Crippen molar-refractivity contribution >= 4 is 29.7 Å². The molecule has 0 bridgehead atoms. The predicted molar refractivity (Wildman–Crippen MR) is 129 cm³/mol. The maximum atomic E-state index is 12.2. The van der Waals surface area contributed by atoms with Crippen LogP contribution in [0.3, 0.4) is 0 Å². The molecular formula is C27H24N2O5. The summed E-state index contributed by atoms with van der Waals surface area (Å²) >= 11 is 0. The van der Waals surface area contributed by atoms with Gasteiger partial charge in [0, 0.05) is 30.6 Å². The summed E-state index contributed by atoms with van der Waals surface area (Å²) in [7, 11) is 0. The highest BCUT2D eigenvalue weighted by Crippen LogP contribution is 2.44. The number of amides is 2. The van der Waals surface area contributed by atoms with Crippen molar-refractivity contribution in [1.82, 2.24) is 5.32 Å². The Morgan fingerprint density at radius 1 is 0.882 bits per heavy atom. The Balaban J connectivity index is 1.22. The van der Waals surface area contributed by atoms with Gasteiger partial charge in [-0.3, -0.25) is 4.79 Å². The second kappa shape index (κ2) is 10.5. The Labute approximate surface area is 197 Å². The van der Waals surface area contributed by atoms with Crippen LogP contribution in [-0.2, 0) is 14.3 Å². The van der Waals surface area contributed by atoms with Crippen LogP contribution >= 0.6 is 0 Å². The molecule has 7 heteroatoms. The molecule has 2 amide bonds. The number of benzene rings is 3. The lowest BCUT2D eigenvalue weighted by Crippen LogP contribution is -2.29. The standard InChI is InChI=1S/C27H24N2O5/c30-25(29-19-12-9-18(10-13-19)11-14-26(31)32)15-16-28-27(33)34-17-24-22-7-3-1-5-20(22)21-6-2-4-8-23(21)24/h1-14,24H,15-17H2,(H,28,33)(H,29,30)(H,31,32)/b14-11+. The van der Waals surface area contributed by atoms with Crippen LogP contribution in [0.4, 0.5) is 10.5 Å². The van der Waals surface area contributed by atoms with E-state index in [4.69, 9.17) is 9.84 Å². The van der Waals surface area contributed by atoms with Crippen LogP contribution in [0.5, 0.6) is 0 Å². The maximum Gasteiger partial charge on any atom is 0.407 e. The number of ether oxygens (including phenoxy) is 1. The fraction of sp³-hybridized carbons (Fsp3) is 0.148. The number of carbonyl (C=O) groups is 3. The number of anilines is 1. The van der Waals surface area contributed by atoms with Gasteiger partial charge in [-0.1, -0.05) is 60.7 Å². The third kappa shape index (κ3) is 5.50. The molecule has 0 spiro atoms. The van der Waals surface area contributed by atoms with E-state index < -0.39 is 12.1 Å². The molecule has 3 aromatic rings. The van der Waals surface area contributed by atoms with Crippen molar-refractivity contribution in [2.75, 3.05) is 18.5 Å². The molecule has 0 unspecified atom stereocenters. The molecule has 7 nitrogen and oxygen atoms in total. The summed E-state index contributed by atoms with van der Waals surface area (Å²) in [5.74, 6) is -1.30. The fourth-order valence-electron chi connectivity index (χ4n) is 4.00. The number of rotatable bonds is 8. The molecule has 3 N–H and O–H groups in total. The summed E-state index contributed by atoms with van der Waals surface area (Å²) in [6.45, 7) is 0.358. The molecule has 172 valence electrons. The Morgan fingerprint density at radius 2 is 1.50 bits per heavy atom. The van der Waals surface area contributed by atoms with Crippen LogP contribution in [0.15, 0.2) is 78.9 Å². The monoisotopic (exact) mass is 456 g/mol. The summed E-state index contributed by atoms with van der Waals surface area (Å²) in [6.07, 6.45) is 2.03. The van der Waals surface area contributed by atoms with Crippen molar-refractivity contribution in [2.24, 2.45) is 0 Å². The quantitative estimate of drug-likeness (QED) is 0.428. The van der Waals surface area contributed by atoms with E-state index in [1.165, 1.54) is 6.08 Å². The summed E-state index contributed by atoms with van der Waals surface area (Å²) in [5.41, 5.74) is 5.89. The van der Waals surface area contributed by atoms with E-state index in [9.17, 15) is 14.4 Å². The van der Waals surface area contributed by atoms with Gasteiger partial charge in [-0.15, -0.1) is 0 Å². The first-order valence-electron chi connectivity index (χ1n) is 10.9. The van der Waals surface area contributed by atoms with Gasteiger partial charge in [0.25, 0.3) is 0 Å². The topological polar surface area (TPSA) is 105 Å². The van der Waals surface area contributed by atoms with Gasteiger partial charge in [-0.2, -0.15) is 0 Å². The van der Waals surface area contributed by atoms with Crippen LogP contribution in [0, 0.1) is 0 Å². The van der Waals surface area contributed by atoms with Crippen LogP contribution in [-0.4, -0.2) is 36.2 Å². The minimum atomic E-state index is -1.03. The number of aliphatic carboxylic acids is 1. The Bertz CT molecular complexity index is 1190. The molecule has 0 aromatic heterocycles. The molecule has 3 aromatic carbocycles. The Hall–Kier alpha value is -4.39. The SMILES string of the molecule is O=C(O)/C=C/c1ccc(NC(=O)CCNC(=O)OCC2c3ccccc3-c3ccccc32)cc1. The highest BCUT2D eigenvalue weighted by molar-refractivity contribution is 5.91. The van der Waals surface area contributed by atoms with Crippen LogP contribution in [0.2, 0.25) is 0 Å². The average molecular weight is 456 g/mol. The van der Waals surface area contributed by atoms with Crippen molar-refractivity contribution in [2.45, 2.75) is 12.3 Å². The minimum absolute atomic E-state index is 0.0187. The van der Waals surface area contributed by atoms with Gasteiger partial charge in [0.1, 0.15) is 6.61 Å². The number of carboxylic acids is 1. The number of carboxylic acid groups (broad SMARTS) is 1. The van der Waals surface area contributed by atoms with Gasteiger partial charge in [0.15, 0.2) is 0 Å².